The van der Waals surface area contributed by atoms with E-state index in [0.29, 0.717) is 36.2 Å². The topological polar surface area (TPSA) is 89.5 Å². The second kappa shape index (κ2) is 10.0. The lowest BCUT2D eigenvalue weighted by molar-refractivity contribution is 0.354. The van der Waals surface area contributed by atoms with Gasteiger partial charge in [-0.05, 0) is 36.3 Å². The number of anilines is 1. The predicted molar refractivity (Wildman–Crippen MR) is 115 cm³/mol. The molecule has 3 aromatic rings. The van der Waals surface area contributed by atoms with Crippen LogP contribution in [-0.4, -0.2) is 32.9 Å². The third-order valence-corrected chi connectivity index (χ3v) is 4.44. The molecule has 0 saturated heterocycles. The Morgan fingerprint density at radius 3 is 2.50 bits per heavy atom. The van der Waals surface area contributed by atoms with Crippen molar-refractivity contribution in [2.24, 2.45) is 0 Å². The van der Waals surface area contributed by atoms with Crippen LogP contribution in [0.4, 0.5) is 5.88 Å². The molecular weight excluding hydrogens is 382 g/mol. The molecule has 1 aromatic heterocycles. The van der Waals surface area contributed by atoms with Crippen LogP contribution in [0.15, 0.2) is 46.9 Å². The lowest BCUT2D eigenvalue weighted by atomic mass is 10.1. The van der Waals surface area contributed by atoms with Gasteiger partial charge in [-0.25, -0.2) is 0 Å². The summed E-state index contributed by atoms with van der Waals surface area (Å²) in [4.78, 5) is 4.22. The van der Waals surface area contributed by atoms with Crippen LogP contribution in [0.2, 0.25) is 0 Å². The molecule has 154 valence electrons. The van der Waals surface area contributed by atoms with Crippen molar-refractivity contribution in [3.05, 3.63) is 65.2 Å². The minimum atomic E-state index is 0.210. The minimum absolute atomic E-state index is 0.210. The average molecular weight is 405 g/mol. The normalized spacial score (nSPS) is 10.6. The van der Waals surface area contributed by atoms with E-state index in [9.17, 15) is 5.26 Å². The SMILES string of the molecule is COc1ccccc1/C=C/c1nc(C#N)c(NCCc2ccc(OC)c(OC)c2)o1. The van der Waals surface area contributed by atoms with E-state index in [2.05, 4.69) is 16.4 Å². The number of methoxy groups -OCH3 is 3. The van der Waals surface area contributed by atoms with Crippen molar-refractivity contribution >= 4 is 18.0 Å². The molecule has 7 heteroatoms. The van der Waals surface area contributed by atoms with Crippen LogP contribution >= 0.6 is 0 Å². The van der Waals surface area contributed by atoms with Crippen molar-refractivity contribution in [1.29, 1.82) is 5.26 Å². The van der Waals surface area contributed by atoms with Gasteiger partial charge in [-0.1, -0.05) is 24.3 Å². The third kappa shape index (κ3) is 4.92. The van der Waals surface area contributed by atoms with Crippen LogP contribution < -0.4 is 19.5 Å². The first-order valence-corrected chi connectivity index (χ1v) is 9.35. The van der Waals surface area contributed by atoms with Crippen molar-refractivity contribution in [2.75, 3.05) is 33.2 Å². The number of oxazole rings is 1. The lowest BCUT2D eigenvalue weighted by Crippen LogP contribution is -2.05. The number of benzene rings is 2. The molecule has 0 saturated carbocycles. The molecular formula is C23H23N3O4. The van der Waals surface area contributed by atoms with Gasteiger partial charge in [0.25, 0.3) is 0 Å². The Kier molecular flexibility index (Phi) is 6.95. The molecule has 0 amide bonds. The van der Waals surface area contributed by atoms with E-state index >= 15 is 0 Å². The quantitative estimate of drug-likeness (QED) is 0.564. The molecule has 2 aromatic carbocycles. The molecule has 0 aliphatic carbocycles. The molecule has 7 nitrogen and oxygen atoms in total. The number of nitrogens with one attached hydrogen (secondary N) is 1. The van der Waals surface area contributed by atoms with Gasteiger partial charge < -0.3 is 23.9 Å². The van der Waals surface area contributed by atoms with Crippen molar-refractivity contribution in [3.8, 4) is 23.3 Å². The van der Waals surface area contributed by atoms with E-state index < -0.39 is 0 Å². The van der Waals surface area contributed by atoms with E-state index in [4.69, 9.17) is 18.6 Å². The van der Waals surface area contributed by atoms with Gasteiger partial charge in [-0.2, -0.15) is 10.2 Å². The Balaban J connectivity index is 1.67. The Labute approximate surface area is 175 Å². The van der Waals surface area contributed by atoms with Crippen molar-refractivity contribution in [3.63, 3.8) is 0 Å². The van der Waals surface area contributed by atoms with Crippen molar-refractivity contribution in [2.45, 2.75) is 6.42 Å². The summed E-state index contributed by atoms with van der Waals surface area (Å²) in [6.45, 7) is 0.565. The molecule has 0 bridgehead atoms. The molecule has 3 rings (SSSR count). The summed E-state index contributed by atoms with van der Waals surface area (Å²) in [5, 5.41) is 12.5. The van der Waals surface area contributed by atoms with E-state index in [1.165, 1.54) is 0 Å². The monoisotopic (exact) mass is 405 g/mol. The third-order valence-electron chi connectivity index (χ3n) is 4.44. The fourth-order valence-corrected chi connectivity index (χ4v) is 2.93. The van der Waals surface area contributed by atoms with Gasteiger partial charge in [-0.3, -0.25) is 0 Å². The molecule has 0 aliphatic rings. The van der Waals surface area contributed by atoms with Crippen LogP contribution in [0.3, 0.4) is 0 Å². The highest BCUT2D eigenvalue weighted by Gasteiger charge is 2.11. The average Bonchev–Trinajstić information content (AvgIpc) is 3.19. The molecule has 1 heterocycles. The maximum absolute atomic E-state index is 9.35. The van der Waals surface area contributed by atoms with Crippen LogP contribution in [0.5, 0.6) is 17.2 Å². The Morgan fingerprint density at radius 1 is 1.00 bits per heavy atom. The predicted octanol–water partition coefficient (Wildman–Crippen LogP) is 4.40. The summed E-state index contributed by atoms with van der Waals surface area (Å²) >= 11 is 0. The summed E-state index contributed by atoms with van der Waals surface area (Å²) in [6.07, 6.45) is 4.25. The van der Waals surface area contributed by atoms with Gasteiger partial charge in [0.05, 0.1) is 21.3 Å². The zero-order valence-electron chi connectivity index (χ0n) is 17.1. The van der Waals surface area contributed by atoms with E-state index in [1.54, 1.807) is 27.4 Å². The summed E-state index contributed by atoms with van der Waals surface area (Å²) in [7, 11) is 4.83. The van der Waals surface area contributed by atoms with Crippen LogP contribution in [-0.2, 0) is 6.42 Å². The van der Waals surface area contributed by atoms with Crippen molar-refractivity contribution < 1.29 is 18.6 Å². The maximum Gasteiger partial charge on any atom is 0.232 e. The number of nitriles is 1. The number of para-hydroxylation sites is 1. The number of rotatable bonds is 9. The summed E-state index contributed by atoms with van der Waals surface area (Å²) in [6, 6.07) is 15.4. The number of nitrogens with zero attached hydrogens (tertiary/aromatic N) is 2. The summed E-state index contributed by atoms with van der Waals surface area (Å²) in [5.41, 5.74) is 2.16. The number of aromatic nitrogens is 1. The van der Waals surface area contributed by atoms with E-state index in [1.807, 2.05) is 48.5 Å². The fraction of sp³-hybridized carbons (Fsp3) is 0.217. The second-order valence-electron chi connectivity index (χ2n) is 6.28. The van der Waals surface area contributed by atoms with Gasteiger partial charge in [0.15, 0.2) is 11.5 Å². The zero-order chi connectivity index (χ0) is 21.3. The van der Waals surface area contributed by atoms with Crippen molar-refractivity contribution in [1.82, 2.24) is 4.98 Å². The van der Waals surface area contributed by atoms with E-state index in [-0.39, 0.29) is 5.69 Å². The smallest absolute Gasteiger partial charge is 0.232 e. The molecule has 0 radical (unpaired) electrons. The molecule has 0 fully saturated rings. The molecule has 0 unspecified atom stereocenters. The van der Waals surface area contributed by atoms with Crippen LogP contribution in [0.25, 0.3) is 12.2 Å². The van der Waals surface area contributed by atoms with Gasteiger partial charge in [0.1, 0.15) is 11.8 Å². The molecule has 30 heavy (non-hydrogen) atoms. The summed E-state index contributed by atoms with van der Waals surface area (Å²) < 4.78 is 21.6. The lowest BCUT2D eigenvalue weighted by Gasteiger charge is -2.09. The van der Waals surface area contributed by atoms with E-state index in [0.717, 1.165) is 16.9 Å². The molecule has 0 aliphatic heterocycles. The Bertz CT molecular complexity index is 1070. The maximum atomic E-state index is 9.35. The van der Waals surface area contributed by atoms with Gasteiger partial charge >= 0.3 is 0 Å². The first-order valence-electron chi connectivity index (χ1n) is 9.35. The standard InChI is InChI=1S/C23H23N3O4/c1-27-19-7-5-4-6-17(19)9-11-22-26-18(15-24)23(30-22)25-13-12-16-8-10-20(28-2)21(14-16)29-3/h4-11,14,25H,12-13H2,1-3H3/b11-9+. The highest BCUT2D eigenvalue weighted by molar-refractivity contribution is 5.70. The first-order chi connectivity index (χ1) is 14.7. The van der Waals surface area contributed by atoms with Gasteiger partial charge in [0, 0.05) is 18.2 Å². The van der Waals surface area contributed by atoms with Gasteiger partial charge in [0.2, 0.25) is 17.5 Å². The fourth-order valence-electron chi connectivity index (χ4n) is 2.93. The molecule has 1 N–H and O–H groups in total. The summed E-state index contributed by atoms with van der Waals surface area (Å²) in [5.74, 6) is 2.79. The van der Waals surface area contributed by atoms with Crippen LogP contribution in [0, 0.1) is 11.3 Å². The molecule has 0 spiro atoms. The second-order valence-corrected chi connectivity index (χ2v) is 6.28. The zero-order valence-corrected chi connectivity index (χ0v) is 17.1. The minimum Gasteiger partial charge on any atom is -0.496 e. The Hall–Kier alpha value is -3.92. The number of ether oxygens (including phenoxy) is 3. The number of hydrogen-bond acceptors (Lipinski definition) is 7. The highest BCUT2D eigenvalue weighted by atomic mass is 16.5. The number of hydrogen-bond donors (Lipinski definition) is 1. The highest BCUT2D eigenvalue weighted by Crippen LogP contribution is 2.28. The first kappa shape index (κ1) is 20.8. The van der Waals surface area contributed by atoms with Crippen LogP contribution in [0.1, 0.15) is 22.7 Å². The largest absolute Gasteiger partial charge is 0.496 e. The van der Waals surface area contributed by atoms with Gasteiger partial charge in [-0.15, -0.1) is 0 Å². The molecule has 0 atom stereocenters. The Morgan fingerprint density at radius 2 is 1.77 bits per heavy atom.